The van der Waals surface area contributed by atoms with Crippen molar-refractivity contribution in [1.82, 2.24) is 14.1 Å². The van der Waals surface area contributed by atoms with E-state index in [1.807, 2.05) is 41.1 Å². The van der Waals surface area contributed by atoms with Gasteiger partial charge < -0.3 is 0 Å². The Balaban J connectivity index is 1.92. The first kappa shape index (κ1) is 16.0. The molecule has 0 fully saturated rings. The maximum absolute atomic E-state index is 11.9. The molecule has 0 saturated heterocycles. The lowest BCUT2D eigenvalue weighted by atomic mass is 10.1. The number of nitrogens with zero attached hydrogens (tertiary/aromatic N) is 3. The zero-order valence-corrected chi connectivity index (χ0v) is 14.2. The summed E-state index contributed by atoms with van der Waals surface area (Å²) in [6.07, 6.45) is 1.67. The van der Waals surface area contributed by atoms with Gasteiger partial charge in [0.25, 0.3) is 0 Å². The lowest BCUT2D eigenvalue weighted by Crippen LogP contribution is -2.25. The smallest absolute Gasteiger partial charge is 0.236 e. The highest BCUT2D eigenvalue weighted by Crippen LogP contribution is 2.23. The standard InChI is InChI=1S/C17H21N3O2S/c1-14(2)12-20-17(15-7-4-3-5-8-15)11-16(18-20)13-19-9-6-10-23(19,21)22/h3-8,10-11,14H,9,12-13H2,1-2H3. The summed E-state index contributed by atoms with van der Waals surface area (Å²) >= 11 is 0. The van der Waals surface area contributed by atoms with E-state index in [0.29, 0.717) is 19.0 Å². The Hall–Kier alpha value is -1.92. The second-order valence-electron chi connectivity index (χ2n) is 6.17. The van der Waals surface area contributed by atoms with Crippen LogP contribution in [0.3, 0.4) is 0 Å². The van der Waals surface area contributed by atoms with Crippen molar-refractivity contribution < 1.29 is 8.42 Å². The average Bonchev–Trinajstić information content (AvgIpc) is 3.03. The molecule has 1 aromatic heterocycles. The first-order valence-electron chi connectivity index (χ1n) is 7.74. The summed E-state index contributed by atoms with van der Waals surface area (Å²) in [7, 11) is -3.27. The number of rotatable bonds is 5. The van der Waals surface area contributed by atoms with Crippen molar-refractivity contribution in [2.24, 2.45) is 5.92 Å². The summed E-state index contributed by atoms with van der Waals surface area (Å²) in [5, 5.41) is 5.90. The van der Waals surface area contributed by atoms with Gasteiger partial charge in [0, 0.05) is 18.5 Å². The lowest BCUT2D eigenvalue weighted by molar-refractivity contribution is 0.438. The first-order valence-corrected chi connectivity index (χ1v) is 9.25. The molecule has 1 aromatic carbocycles. The Morgan fingerprint density at radius 3 is 2.57 bits per heavy atom. The van der Waals surface area contributed by atoms with Gasteiger partial charge >= 0.3 is 0 Å². The zero-order chi connectivity index (χ0) is 16.4. The number of sulfonamides is 1. The topological polar surface area (TPSA) is 55.2 Å². The van der Waals surface area contributed by atoms with E-state index in [2.05, 4.69) is 18.9 Å². The van der Waals surface area contributed by atoms with Crippen LogP contribution in [0.25, 0.3) is 11.3 Å². The van der Waals surface area contributed by atoms with Crippen molar-refractivity contribution in [3.8, 4) is 11.3 Å². The highest BCUT2D eigenvalue weighted by Gasteiger charge is 2.24. The van der Waals surface area contributed by atoms with Crippen molar-refractivity contribution in [3.63, 3.8) is 0 Å². The van der Waals surface area contributed by atoms with Gasteiger partial charge in [-0.25, -0.2) is 8.42 Å². The van der Waals surface area contributed by atoms with Crippen LogP contribution in [0, 0.1) is 5.92 Å². The summed E-state index contributed by atoms with van der Waals surface area (Å²) in [5.74, 6) is 0.461. The molecule has 0 atom stereocenters. The Labute approximate surface area is 137 Å². The maximum Gasteiger partial charge on any atom is 0.236 e. The largest absolute Gasteiger partial charge is 0.264 e. The molecule has 122 valence electrons. The fourth-order valence-electron chi connectivity index (χ4n) is 2.68. The first-order chi connectivity index (χ1) is 11.0. The second-order valence-corrected chi connectivity index (χ2v) is 7.99. The molecule has 0 radical (unpaired) electrons. The molecule has 2 heterocycles. The molecule has 0 aliphatic carbocycles. The molecule has 6 heteroatoms. The summed E-state index contributed by atoms with van der Waals surface area (Å²) in [5.41, 5.74) is 2.89. The quantitative estimate of drug-likeness (QED) is 0.846. The van der Waals surface area contributed by atoms with Gasteiger partial charge in [0.1, 0.15) is 0 Å². The number of aromatic nitrogens is 2. The van der Waals surface area contributed by atoms with Crippen molar-refractivity contribution in [1.29, 1.82) is 0 Å². The van der Waals surface area contributed by atoms with Crippen LogP contribution in [0.5, 0.6) is 0 Å². The third-order valence-electron chi connectivity index (χ3n) is 3.71. The Kier molecular flexibility index (Phi) is 4.37. The molecular weight excluding hydrogens is 310 g/mol. The summed E-state index contributed by atoms with van der Waals surface area (Å²) in [6, 6.07) is 12.1. The normalized spacial score (nSPS) is 17.2. The van der Waals surface area contributed by atoms with E-state index in [1.54, 1.807) is 6.08 Å². The average molecular weight is 331 g/mol. The van der Waals surface area contributed by atoms with Crippen LogP contribution in [-0.4, -0.2) is 29.0 Å². The van der Waals surface area contributed by atoms with Gasteiger partial charge in [-0.15, -0.1) is 0 Å². The second kappa shape index (κ2) is 6.29. The molecule has 0 spiro atoms. The van der Waals surface area contributed by atoms with Crippen LogP contribution in [0.2, 0.25) is 0 Å². The molecule has 23 heavy (non-hydrogen) atoms. The van der Waals surface area contributed by atoms with Crippen molar-refractivity contribution in [3.05, 3.63) is 53.6 Å². The van der Waals surface area contributed by atoms with Crippen molar-refractivity contribution in [2.75, 3.05) is 6.54 Å². The fourth-order valence-corrected chi connectivity index (χ4v) is 3.79. The van der Waals surface area contributed by atoms with Gasteiger partial charge in [-0.1, -0.05) is 50.3 Å². The van der Waals surface area contributed by atoms with Crippen LogP contribution in [-0.2, 0) is 23.1 Å². The van der Waals surface area contributed by atoms with Gasteiger partial charge in [0.15, 0.2) is 0 Å². The van der Waals surface area contributed by atoms with Gasteiger partial charge in [0.05, 0.1) is 17.9 Å². The van der Waals surface area contributed by atoms with Crippen LogP contribution in [0.4, 0.5) is 0 Å². The molecule has 0 N–H and O–H groups in total. The highest BCUT2D eigenvalue weighted by molar-refractivity contribution is 7.92. The van der Waals surface area contributed by atoms with Crippen LogP contribution in [0.1, 0.15) is 19.5 Å². The highest BCUT2D eigenvalue weighted by atomic mass is 32.2. The van der Waals surface area contributed by atoms with Gasteiger partial charge in [0.2, 0.25) is 10.0 Å². The molecule has 2 aromatic rings. The monoisotopic (exact) mass is 331 g/mol. The summed E-state index contributed by atoms with van der Waals surface area (Å²) < 4.78 is 27.2. The Morgan fingerprint density at radius 2 is 1.96 bits per heavy atom. The van der Waals surface area contributed by atoms with Crippen LogP contribution in [0.15, 0.2) is 47.9 Å². The molecule has 1 aliphatic heterocycles. The van der Waals surface area contributed by atoms with E-state index in [0.717, 1.165) is 23.5 Å². The number of benzene rings is 1. The van der Waals surface area contributed by atoms with E-state index < -0.39 is 10.0 Å². The predicted octanol–water partition coefficient (Wildman–Crippen LogP) is 2.87. The number of hydrogen-bond acceptors (Lipinski definition) is 3. The molecule has 1 aliphatic rings. The van der Waals surface area contributed by atoms with Gasteiger partial charge in [-0.3, -0.25) is 4.68 Å². The van der Waals surface area contributed by atoms with E-state index >= 15 is 0 Å². The van der Waals surface area contributed by atoms with Crippen molar-refractivity contribution >= 4 is 10.0 Å². The van der Waals surface area contributed by atoms with E-state index in [-0.39, 0.29) is 0 Å². The summed E-state index contributed by atoms with van der Waals surface area (Å²) in [6.45, 7) is 5.81. The van der Waals surface area contributed by atoms with E-state index in [9.17, 15) is 8.42 Å². The van der Waals surface area contributed by atoms with Crippen LogP contribution < -0.4 is 0 Å². The molecule has 0 saturated carbocycles. The van der Waals surface area contributed by atoms with Crippen LogP contribution >= 0.6 is 0 Å². The van der Waals surface area contributed by atoms with E-state index in [4.69, 9.17) is 0 Å². The minimum atomic E-state index is -3.27. The Morgan fingerprint density at radius 1 is 1.22 bits per heavy atom. The Bertz CT molecular complexity index is 808. The van der Waals surface area contributed by atoms with Gasteiger partial charge in [-0.2, -0.15) is 9.40 Å². The van der Waals surface area contributed by atoms with Crippen molar-refractivity contribution in [2.45, 2.75) is 26.9 Å². The molecule has 0 bridgehead atoms. The summed E-state index contributed by atoms with van der Waals surface area (Å²) in [4.78, 5) is 0. The van der Waals surface area contributed by atoms with E-state index in [1.165, 1.54) is 9.71 Å². The molecule has 5 nitrogen and oxygen atoms in total. The molecular formula is C17H21N3O2S. The predicted molar refractivity (Wildman–Crippen MR) is 91.0 cm³/mol. The molecule has 3 rings (SSSR count). The fraction of sp³-hybridized carbons (Fsp3) is 0.353. The SMILES string of the molecule is CC(C)Cn1nc(CN2CC=CS2(=O)=O)cc1-c1ccccc1. The minimum Gasteiger partial charge on any atom is -0.264 e. The maximum atomic E-state index is 11.9. The third-order valence-corrected chi connectivity index (χ3v) is 5.25. The minimum absolute atomic E-state index is 0.306. The zero-order valence-electron chi connectivity index (χ0n) is 13.4. The molecule has 0 amide bonds. The van der Waals surface area contributed by atoms with Gasteiger partial charge in [-0.05, 0) is 17.5 Å². The number of hydrogen-bond donors (Lipinski definition) is 0. The lowest BCUT2D eigenvalue weighted by Gasteiger charge is -2.12. The molecule has 0 unspecified atom stereocenters. The third kappa shape index (κ3) is 3.54.